The Morgan fingerprint density at radius 3 is 2.42 bits per heavy atom. The average molecular weight is 344 g/mol. The number of benzene rings is 2. The van der Waals surface area contributed by atoms with Gasteiger partial charge < -0.3 is 10.4 Å². The van der Waals surface area contributed by atoms with Gasteiger partial charge in [0.25, 0.3) is 5.91 Å². The van der Waals surface area contributed by atoms with Crippen LogP contribution in [0.25, 0.3) is 11.3 Å². The van der Waals surface area contributed by atoms with Gasteiger partial charge in [-0.25, -0.2) is 9.78 Å². The summed E-state index contributed by atoms with van der Waals surface area (Å²) in [6.07, 6.45) is 2.79. The number of anilines is 1. The smallest absolute Gasteiger partial charge is 0.337 e. The van der Waals surface area contributed by atoms with E-state index in [1.165, 1.54) is 30.6 Å². The molecule has 7 nitrogen and oxygen atoms in total. The van der Waals surface area contributed by atoms with Crippen molar-refractivity contribution >= 4 is 17.6 Å². The number of aromatic carboxylic acids is 1. The maximum absolute atomic E-state index is 12.3. The minimum absolute atomic E-state index is 0.0466. The molecule has 0 aliphatic rings. The summed E-state index contributed by atoms with van der Waals surface area (Å²) in [6.45, 7) is 0. The maximum atomic E-state index is 12.3. The van der Waals surface area contributed by atoms with Crippen LogP contribution in [0.4, 0.5) is 5.69 Å². The number of amides is 1. The van der Waals surface area contributed by atoms with E-state index < -0.39 is 11.9 Å². The van der Waals surface area contributed by atoms with Gasteiger partial charge in [0.05, 0.1) is 41.0 Å². The Bertz CT molecular complexity index is 1010. The molecule has 0 radical (unpaired) electrons. The highest BCUT2D eigenvalue weighted by Crippen LogP contribution is 2.19. The lowest BCUT2D eigenvalue weighted by Gasteiger charge is -2.08. The summed E-state index contributed by atoms with van der Waals surface area (Å²) in [7, 11) is 0. The summed E-state index contributed by atoms with van der Waals surface area (Å²) in [4.78, 5) is 31.9. The number of carboxylic acids is 1. The zero-order chi connectivity index (χ0) is 18.5. The number of nitrogens with one attached hydrogen (secondary N) is 1. The minimum Gasteiger partial charge on any atom is -0.478 e. The zero-order valence-electron chi connectivity index (χ0n) is 13.4. The largest absolute Gasteiger partial charge is 0.478 e. The van der Waals surface area contributed by atoms with E-state index in [1.807, 2.05) is 36.4 Å². The number of carboxylic acid groups (broad SMARTS) is 1. The third kappa shape index (κ3) is 3.55. The summed E-state index contributed by atoms with van der Waals surface area (Å²) in [5, 5.41) is 20.6. The van der Waals surface area contributed by atoms with Crippen LogP contribution in [-0.2, 0) is 0 Å². The standard InChI is InChI=1S/C19H12N4O3/c20-9-12-6-7-15(14(8-12)19(25)26)23-18(24)17-11-21-16(10-22-17)13-4-2-1-3-5-13/h1-8,10-11H,(H,23,24)(H,25,26). The fraction of sp³-hybridized carbons (Fsp3) is 0. The van der Waals surface area contributed by atoms with E-state index in [4.69, 9.17) is 5.26 Å². The first-order valence-electron chi connectivity index (χ1n) is 7.55. The van der Waals surface area contributed by atoms with Crippen molar-refractivity contribution in [2.75, 3.05) is 5.32 Å². The quantitative estimate of drug-likeness (QED) is 0.751. The Labute approximate surface area is 148 Å². The van der Waals surface area contributed by atoms with Gasteiger partial charge in [0.1, 0.15) is 5.69 Å². The van der Waals surface area contributed by atoms with Crippen molar-refractivity contribution in [2.45, 2.75) is 0 Å². The molecule has 0 saturated heterocycles. The van der Waals surface area contributed by atoms with Gasteiger partial charge in [-0.05, 0) is 18.2 Å². The van der Waals surface area contributed by atoms with Crippen LogP contribution in [0.15, 0.2) is 60.9 Å². The molecule has 0 unspecified atom stereocenters. The highest BCUT2D eigenvalue weighted by Gasteiger charge is 2.15. The Balaban J connectivity index is 1.83. The van der Waals surface area contributed by atoms with Crippen LogP contribution in [0.5, 0.6) is 0 Å². The highest BCUT2D eigenvalue weighted by atomic mass is 16.4. The second kappa shape index (κ2) is 7.23. The first kappa shape index (κ1) is 16.8. The number of carbonyl (C=O) groups excluding carboxylic acids is 1. The van der Waals surface area contributed by atoms with Crippen molar-refractivity contribution in [3.63, 3.8) is 0 Å². The summed E-state index contributed by atoms with van der Waals surface area (Å²) in [6, 6.07) is 15.2. The molecule has 2 N–H and O–H groups in total. The van der Waals surface area contributed by atoms with Crippen molar-refractivity contribution in [1.29, 1.82) is 5.26 Å². The van der Waals surface area contributed by atoms with Crippen molar-refractivity contribution in [1.82, 2.24) is 9.97 Å². The van der Waals surface area contributed by atoms with E-state index in [1.54, 1.807) is 0 Å². The van der Waals surface area contributed by atoms with Crippen LogP contribution in [0, 0.1) is 11.3 Å². The van der Waals surface area contributed by atoms with Gasteiger partial charge in [0.15, 0.2) is 0 Å². The predicted octanol–water partition coefficient (Wildman–Crippen LogP) is 2.97. The predicted molar refractivity (Wildman–Crippen MR) is 93.5 cm³/mol. The van der Waals surface area contributed by atoms with Gasteiger partial charge in [-0.3, -0.25) is 9.78 Å². The molecule has 3 rings (SSSR count). The number of nitriles is 1. The summed E-state index contributed by atoms with van der Waals surface area (Å²) in [5.74, 6) is -1.84. The van der Waals surface area contributed by atoms with Crippen molar-refractivity contribution in [2.24, 2.45) is 0 Å². The van der Waals surface area contributed by atoms with Crippen LogP contribution in [-0.4, -0.2) is 27.0 Å². The van der Waals surface area contributed by atoms with Crippen LogP contribution >= 0.6 is 0 Å². The average Bonchev–Trinajstić information content (AvgIpc) is 2.69. The number of hydrogen-bond acceptors (Lipinski definition) is 5. The van der Waals surface area contributed by atoms with Crippen LogP contribution in [0.3, 0.4) is 0 Å². The van der Waals surface area contributed by atoms with E-state index in [-0.39, 0.29) is 22.5 Å². The molecule has 0 bridgehead atoms. The first-order valence-corrected chi connectivity index (χ1v) is 7.55. The summed E-state index contributed by atoms with van der Waals surface area (Å²) in [5.41, 5.74) is 1.62. The molecule has 1 amide bonds. The lowest BCUT2D eigenvalue weighted by molar-refractivity contribution is 0.0698. The molecule has 126 valence electrons. The zero-order valence-corrected chi connectivity index (χ0v) is 13.4. The normalized spacial score (nSPS) is 9.96. The van der Waals surface area contributed by atoms with E-state index >= 15 is 0 Å². The second-order valence-electron chi connectivity index (χ2n) is 5.28. The summed E-state index contributed by atoms with van der Waals surface area (Å²) < 4.78 is 0. The molecule has 0 atom stereocenters. The van der Waals surface area contributed by atoms with Crippen LogP contribution < -0.4 is 5.32 Å². The molecule has 3 aromatic rings. The first-order chi connectivity index (χ1) is 12.6. The molecule has 1 heterocycles. The molecule has 7 heteroatoms. The molecule has 26 heavy (non-hydrogen) atoms. The summed E-state index contributed by atoms with van der Waals surface area (Å²) >= 11 is 0. The highest BCUT2D eigenvalue weighted by molar-refractivity contribution is 6.06. The lowest BCUT2D eigenvalue weighted by atomic mass is 10.1. The van der Waals surface area contributed by atoms with E-state index in [0.29, 0.717) is 5.69 Å². The Kier molecular flexibility index (Phi) is 4.67. The third-order valence-corrected chi connectivity index (χ3v) is 3.58. The topological polar surface area (TPSA) is 116 Å². The number of rotatable bonds is 4. The van der Waals surface area contributed by atoms with E-state index in [9.17, 15) is 14.7 Å². The third-order valence-electron chi connectivity index (χ3n) is 3.58. The van der Waals surface area contributed by atoms with Gasteiger partial charge >= 0.3 is 5.97 Å². The monoisotopic (exact) mass is 344 g/mol. The molecule has 0 fully saturated rings. The molecule has 0 aliphatic carbocycles. The molecular formula is C19H12N4O3. The van der Waals surface area contributed by atoms with Gasteiger partial charge in [-0.2, -0.15) is 5.26 Å². The molecule has 0 aliphatic heterocycles. The Morgan fingerprint density at radius 1 is 1.04 bits per heavy atom. The molecule has 2 aromatic carbocycles. The SMILES string of the molecule is N#Cc1ccc(NC(=O)c2cnc(-c3ccccc3)cn2)c(C(=O)O)c1. The fourth-order valence-electron chi connectivity index (χ4n) is 2.29. The number of hydrogen-bond donors (Lipinski definition) is 2. The second-order valence-corrected chi connectivity index (χ2v) is 5.28. The molecule has 1 aromatic heterocycles. The van der Waals surface area contributed by atoms with Gasteiger partial charge in [0, 0.05) is 5.56 Å². The van der Waals surface area contributed by atoms with Gasteiger partial charge in [-0.1, -0.05) is 30.3 Å². The lowest BCUT2D eigenvalue weighted by Crippen LogP contribution is -2.16. The van der Waals surface area contributed by atoms with Crippen LogP contribution in [0.1, 0.15) is 26.4 Å². The molecule has 0 spiro atoms. The Hall–Kier alpha value is -4.05. The van der Waals surface area contributed by atoms with Crippen molar-refractivity contribution in [3.05, 3.63) is 77.7 Å². The van der Waals surface area contributed by atoms with E-state index in [0.717, 1.165) is 5.56 Å². The van der Waals surface area contributed by atoms with Crippen LogP contribution in [0.2, 0.25) is 0 Å². The maximum Gasteiger partial charge on any atom is 0.337 e. The van der Waals surface area contributed by atoms with Gasteiger partial charge in [0.2, 0.25) is 0 Å². The van der Waals surface area contributed by atoms with E-state index in [2.05, 4.69) is 15.3 Å². The Morgan fingerprint density at radius 2 is 1.81 bits per heavy atom. The number of carbonyl (C=O) groups is 2. The van der Waals surface area contributed by atoms with Crippen molar-refractivity contribution < 1.29 is 14.7 Å². The fourth-order valence-corrected chi connectivity index (χ4v) is 2.29. The number of nitrogens with zero attached hydrogens (tertiary/aromatic N) is 3. The number of aromatic nitrogens is 2. The minimum atomic E-state index is -1.25. The van der Waals surface area contributed by atoms with Gasteiger partial charge in [-0.15, -0.1) is 0 Å². The molecule has 0 saturated carbocycles. The van der Waals surface area contributed by atoms with Crippen molar-refractivity contribution in [3.8, 4) is 17.3 Å². The molecular weight excluding hydrogens is 332 g/mol.